The smallest absolute Gasteiger partial charge is 0.0702 e. The molecule has 5 heteroatoms. The summed E-state index contributed by atoms with van der Waals surface area (Å²) in [7, 11) is 0. The third-order valence-electron chi connectivity index (χ3n) is 13.3. The standard InChI is InChI=1S/C67H49N5/c1-46-65(44-69-71(46)57-23-8-4-9-24-57)63-31-16-14-29-61(63)55-40-54(41-56(42-55)62-30-15-17-32-64(62)66-45-70-72(47(66)2)58-25-10-5-11-26-58)60-28-13-12-27-59(60)53-37-38-67(68-43-53)52-22-18-21-51(39-52)50-35-33-49(34-36-50)48-19-6-3-7-20-48/h3-45H,1-2H3/i1D3,2D3. The molecule has 0 fully saturated rings. The van der Waals surface area contributed by atoms with Gasteiger partial charge in [0, 0.05) is 48.1 Å². The molecule has 0 N–H and O–H groups in total. The Bertz CT molecular complexity index is 3930. The maximum absolute atomic E-state index is 8.83. The van der Waals surface area contributed by atoms with Crippen LogP contribution in [0.5, 0.6) is 0 Å². The van der Waals surface area contributed by atoms with E-state index in [-0.39, 0.29) is 11.4 Å². The molecular weight excluding hydrogens is 875 g/mol. The van der Waals surface area contributed by atoms with Gasteiger partial charge in [-0.25, -0.2) is 9.36 Å². The van der Waals surface area contributed by atoms with Crippen molar-refractivity contribution in [3.05, 3.63) is 273 Å². The summed E-state index contributed by atoms with van der Waals surface area (Å²) in [6, 6.07) is 80.5. The van der Waals surface area contributed by atoms with Crippen molar-refractivity contribution >= 4 is 0 Å². The van der Waals surface area contributed by atoms with E-state index in [9.17, 15) is 0 Å². The van der Waals surface area contributed by atoms with Crippen molar-refractivity contribution in [2.45, 2.75) is 13.7 Å². The van der Waals surface area contributed by atoms with E-state index < -0.39 is 13.7 Å². The van der Waals surface area contributed by atoms with Crippen LogP contribution in [0, 0.1) is 13.7 Å². The number of para-hydroxylation sites is 2. The maximum atomic E-state index is 8.83. The molecule has 0 unspecified atom stereocenters. The molecule has 3 aromatic heterocycles. The van der Waals surface area contributed by atoms with E-state index in [1.807, 2.05) is 134 Å². The molecule has 72 heavy (non-hydrogen) atoms. The highest BCUT2D eigenvalue weighted by atomic mass is 15.3. The molecule has 9 aromatic carbocycles. The van der Waals surface area contributed by atoms with E-state index >= 15 is 0 Å². The van der Waals surface area contributed by atoms with E-state index in [0.717, 1.165) is 66.9 Å². The Labute approximate surface area is 429 Å². The molecule has 12 aromatic rings. The second-order valence-electron chi connectivity index (χ2n) is 17.7. The fraction of sp³-hybridized carbons (Fsp3) is 0.0299. The Balaban J connectivity index is 0.993. The molecule has 0 radical (unpaired) electrons. The van der Waals surface area contributed by atoms with Crippen LogP contribution in [0.3, 0.4) is 0 Å². The van der Waals surface area contributed by atoms with Gasteiger partial charge >= 0.3 is 0 Å². The van der Waals surface area contributed by atoms with E-state index in [1.54, 1.807) is 12.4 Å². The zero-order valence-corrected chi connectivity index (χ0v) is 39.1. The van der Waals surface area contributed by atoms with Gasteiger partial charge in [0.25, 0.3) is 0 Å². The van der Waals surface area contributed by atoms with Crippen LogP contribution in [0.1, 0.15) is 19.6 Å². The first-order valence-electron chi connectivity index (χ1n) is 26.9. The summed E-state index contributed by atoms with van der Waals surface area (Å²) < 4.78 is 56.0. The Morgan fingerprint density at radius 1 is 0.278 bits per heavy atom. The summed E-state index contributed by atoms with van der Waals surface area (Å²) in [4.78, 5) is 5.07. The molecule has 5 nitrogen and oxygen atoms in total. The number of rotatable bonds is 11. The third kappa shape index (κ3) is 8.43. The Kier molecular flexibility index (Phi) is 9.96. The quantitative estimate of drug-likeness (QED) is 0.130. The zero-order valence-electron chi connectivity index (χ0n) is 45.1. The average molecular weight is 930 g/mol. The summed E-state index contributed by atoms with van der Waals surface area (Å²) in [6.07, 6.45) is 5.20. The number of aromatic nitrogens is 5. The SMILES string of the molecule is [2H]C([2H])([2H])c1c(-c2ccccc2-c2cc(-c3ccccc3-c3ccc(-c4cccc(-c5ccc(-c6ccccc6)cc5)c4)nc3)cc(-c3ccccc3-c3cnn(-c4ccccc4)c3C([2H])([2H])[2H])c2)cnn1-c1ccccc1. The minimum absolute atomic E-state index is 0.0982. The van der Waals surface area contributed by atoms with Crippen LogP contribution in [-0.4, -0.2) is 24.5 Å². The van der Waals surface area contributed by atoms with Crippen LogP contribution >= 0.6 is 0 Å². The minimum atomic E-state index is -2.52. The minimum Gasteiger partial charge on any atom is -0.256 e. The van der Waals surface area contributed by atoms with Crippen molar-refractivity contribution in [3.63, 3.8) is 0 Å². The first-order valence-corrected chi connectivity index (χ1v) is 23.9. The lowest BCUT2D eigenvalue weighted by Crippen LogP contribution is -1.98. The fourth-order valence-corrected chi connectivity index (χ4v) is 9.71. The van der Waals surface area contributed by atoms with Crippen molar-refractivity contribution < 1.29 is 8.22 Å². The van der Waals surface area contributed by atoms with Gasteiger partial charge in [0.2, 0.25) is 0 Å². The normalized spacial score (nSPS) is 12.8. The maximum Gasteiger partial charge on any atom is 0.0702 e. The topological polar surface area (TPSA) is 48.5 Å². The highest BCUT2D eigenvalue weighted by molar-refractivity contribution is 5.94. The molecule has 0 bridgehead atoms. The largest absolute Gasteiger partial charge is 0.256 e. The van der Waals surface area contributed by atoms with E-state index in [1.165, 1.54) is 20.5 Å². The summed E-state index contributed by atoms with van der Waals surface area (Å²) >= 11 is 0. The molecule has 342 valence electrons. The number of nitrogens with zero attached hydrogens (tertiary/aromatic N) is 5. The summed E-state index contributed by atoms with van der Waals surface area (Å²) in [5.74, 6) is 0. The van der Waals surface area contributed by atoms with Crippen LogP contribution < -0.4 is 0 Å². The third-order valence-corrected chi connectivity index (χ3v) is 13.3. The Morgan fingerprint density at radius 3 is 1.11 bits per heavy atom. The second-order valence-corrected chi connectivity index (χ2v) is 17.7. The van der Waals surface area contributed by atoms with Crippen LogP contribution in [0.2, 0.25) is 0 Å². The number of hydrogen-bond acceptors (Lipinski definition) is 3. The van der Waals surface area contributed by atoms with Gasteiger partial charge in [0.15, 0.2) is 0 Å². The van der Waals surface area contributed by atoms with Crippen LogP contribution in [0.25, 0.3) is 112 Å². The first kappa shape index (κ1) is 37.4. The van der Waals surface area contributed by atoms with Gasteiger partial charge in [-0.15, -0.1) is 0 Å². The average Bonchev–Trinajstić information content (AvgIpc) is 4.33. The summed E-state index contributed by atoms with van der Waals surface area (Å²) in [5.41, 5.74) is 17.1. The number of pyridine rings is 1. The van der Waals surface area contributed by atoms with Gasteiger partial charge in [-0.1, -0.05) is 188 Å². The van der Waals surface area contributed by atoms with Crippen molar-refractivity contribution in [1.29, 1.82) is 0 Å². The number of benzene rings is 9. The second kappa shape index (κ2) is 19.2. The molecule has 0 aliphatic carbocycles. The lowest BCUT2D eigenvalue weighted by Gasteiger charge is -2.18. The van der Waals surface area contributed by atoms with Crippen LogP contribution in [-0.2, 0) is 0 Å². The summed E-state index contributed by atoms with van der Waals surface area (Å²) in [6.45, 7) is -5.04. The molecule has 0 aliphatic rings. The van der Waals surface area contributed by atoms with Gasteiger partial charge in [0.1, 0.15) is 0 Å². The molecule has 3 heterocycles. The van der Waals surface area contributed by atoms with E-state index in [2.05, 4.69) is 125 Å². The predicted octanol–water partition coefficient (Wildman–Crippen LogP) is 17.1. The molecular formula is C67H49N5. The predicted molar refractivity (Wildman–Crippen MR) is 297 cm³/mol. The van der Waals surface area contributed by atoms with E-state index in [4.69, 9.17) is 13.2 Å². The molecule has 0 saturated carbocycles. The molecule has 0 atom stereocenters. The highest BCUT2D eigenvalue weighted by Gasteiger charge is 2.20. The molecule has 12 rings (SSSR count). The highest BCUT2D eigenvalue weighted by Crippen LogP contribution is 2.43. The fourth-order valence-electron chi connectivity index (χ4n) is 9.71. The van der Waals surface area contributed by atoms with Gasteiger partial charge in [-0.2, -0.15) is 10.2 Å². The van der Waals surface area contributed by atoms with E-state index in [0.29, 0.717) is 33.6 Å². The lowest BCUT2D eigenvalue weighted by molar-refractivity contribution is 0.847. The summed E-state index contributed by atoms with van der Waals surface area (Å²) in [5, 5.41) is 9.38. The lowest BCUT2D eigenvalue weighted by atomic mass is 9.86. The molecule has 0 aliphatic heterocycles. The molecule has 0 spiro atoms. The molecule has 0 amide bonds. The zero-order chi connectivity index (χ0) is 53.4. The Morgan fingerprint density at radius 2 is 0.639 bits per heavy atom. The van der Waals surface area contributed by atoms with Crippen molar-refractivity contribution in [2.24, 2.45) is 0 Å². The van der Waals surface area contributed by atoms with Crippen LogP contribution in [0.15, 0.2) is 261 Å². The van der Waals surface area contributed by atoms with Gasteiger partial charge in [0.05, 0.1) is 29.5 Å². The van der Waals surface area contributed by atoms with Crippen molar-refractivity contribution in [2.75, 3.05) is 0 Å². The molecule has 0 saturated heterocycles. The first-order chi connectivity index (χ1) is 38.0. The van der Waals surface area contributed by atoms with Gasteiger partial charge < -0.3 is 0 Å². The monoisotopic (exact) mass is 929 g/mol. The van der Waals surface area contributed by atoms with Crippen molar-refractivity contribution in [1.82, 2.24) is 24.5 Å². The van der Waals surface area contributed by atoms with Gasteiger partial charge in [-0.3, -0.25) is 4.98 Å². The number of hydrogen-bond donors (Lipinski definition) is 0. The van der Waals surface area contributed by atoms with Crippen LogP contribution in [0.4, 0.5) is 0 Å². The Hall–Kier alpha value is -9.45. The van der Waals surface area contributed by atoms with Gasteiger partial charge in [-0.05, 0) is 141 Å². The van der Waals surface area contributed by atoms with Crippen molar-refractivity contribution in [3.8, 4) is 112 Å².